The number of oxime groups is 1. The number of hydrogen-bond donors (Lipinski definition) is 3. The highest BCUT2D eigenvalue weighted by Gasteiger charge is 2.42. The Kier molecular flexibility index (Phi) is 5.93. The minimum absolute atomic E-state index is 0.0453. The first-order chi connectivity index (χ1) is 16.5. The maximum absolute atomic E-state index is 13.1. The number of aromatic amines is 1. The topological polar surface area (TPSA) is 174 Å². The predicted octanol–water partition coefficient (Wildman–Crippen LogP) is 1.65. The van der Waals surface area contributed by atoms with Crippen molar-refractivity contribution in [1.82, 2.24) is 19.9 Å². The highest BCUT2D eigenvalue weighted by atomic mass is 32.1. The lowest BCUT2D eigenvalue weighted by atomic mass is 10.1. The number of carbonyl (C=O) groups is 2. The van der Waals surface area contributed by atoms with E-state index < -0.39 is 40.2 Å². The van der Waals surface area contributed by atoms with Crippen LogP contribution in [0.1, 0.15) is 11.3 Å². The van der Waals surface area contributed by atoms with Gasteiger partial charge in [-0.2, -0.15) is 13.2 Å². The fraction of sp³-hybridized carbons (Fsp3) is 0.222. The Bertz CT molecular complexity index is 1340. The minimum atomic E-state index is -4.92. The lowest BCUT2D eigenvalue weighted by molar-refractivity contribution is -0.387. The van der Waals surface area contributed by atoms with Gasteiger partial charge < -0.3 is 25.4 Å². The first-order valence-corrected chi connectivity index (χ1v) is 10.4. The number of thiazole rings is 1. The van der Waals surface area contributed by atoms with E-state index in [2.05, 4.69) is 25.3 Å². The van der Waals surface area contributed by atoms with E-state index in [0.29, 0.717) is 6.20 Å². The number of halogens is 3. The molecule has 0 aliphatic carbocycles. The minimum Gasteiger partial charge on any atom is -0.398 e. The molecular weight excluding hydrogens is 497 g/mol. The van der Waals surface area contributed by atoms with Crippen LogP contribution in [0.15, 0.2) is 35.1 Å². The molecule has 4 heterocycles. The van der Waals surface area contributed by atoms with Gasteiger partial charge in [-0.05, 0) is 12.1 Å². The van der Waals surface area contributed by atoms with E-state index in [0.717, 1.165) is 22.1 Å². The number of nitrogens with one attached hydrogen (secondary N) is 2. The standard InChI is InChI=1S/C18H15F3N8O5S/c1-34-26-14(10-7-35-17(22)24-10)15(30)23-9-5-28(16(9)31)13-3-2-12(25-13)27-4-8(18(19,20)21)11(6-27)29(32)33/h2-4,6-7,9,25H,5H2,1H3,(H2,22,24)(H,23,30)/t9-/m0/s1. The molecule has 35 heavy (non-hydrogen) atoms. The Morgan fingerprint density at radius 3 is 2.66 bits per heavy atom. The van der Waals surface area contributed by atoms with Gasteiger partial charge in [-0.3, -0.25) is 24.6 Å². The molecule has 1 saturated heterocycles. The predicted molar refractivity (Wildman–Crippen MR) is 116 cm³/mol. The summed E-state index contributed by atoms with van der Waals surface area (Å²) in [7, 11) is 1.24. The summed E-state index contributed by atoms with van der Waals surface area (Å²) in [6.07, 6.45) is -3.62. The summed E-state index contributed by atoms with van der Waals surface area (Å²) in [5.41, 5.74) is 3.05. The van der Waals surface area contributed by atoms with Crippen LogP contribution < -0.4 is 16.0 Å². The molecule has 4 rings (SSSR count). The summed E-state index contributed by atoms with van der Waals surface area (Å²) in [6.45, 7) is 0.0453. The number of alkyl halides is 3. The van der Waals surface area contributed by atoms with Crippen molar-refractivity contribution in [3.63, 3.8) is 0 Å². The first kappa shape index (κ1) is 23.7. The zero-order valence-corrected chi connectivity index (χ0v) is 18.4. The van der Waals surface area contributed by atoms with Gasteiger partial charge in [0.05, 0.1) is 17.7 Å². The quantitative estimate of drug-likeness (QED) is 0.187. The molecule has 184 valence electrons. The van der Waals surface area contributed by atoms with Crippen LogP contribution in [0.2, 0.25) is 0 Å². The van der Waals surface area contributed by atoms with Gasteiger partial charge in [0.15, 0.2) is 16.4 Å². The number of nitro groups is 1. The Morgan fingerprint density at radius 1 is 1.40 bits per heavy atom. The normalized spacial score (nSPS) is 16.2. The lowest BCUT2D eigenvalue weighted by Crippen LogP contribution is -2.65. The second-order valence-electron chi connectivity index (χ2n) is 7.12. The molecule has 2 amide bonds. The molecular formula is C18H15F3N8O5S. The number of aromatic nitrogens is 3. The molecule has 4 N–H and O–H groups in total. The van der Waals surface area contributed by atoms with Crippen molar-refractivity contribution in [2.75, 3.05) is 24.3 Å². The highest BCUT2D eigenvalue weighted by molar-refractivity contribution is 7.13. The van der Waals surface area contributed by atoms with Crippen molar-refractivity contribution in [1.29, 1.82) is 0 Å². The monoisotopic (exact) mass is 512 g/mol. The van der Waals surface area contributed by atoms with Crippen LogP contribution in [0, 0.1) is 10.1 Å². The number of anilines is 2. The van der Waals surface area contributed by atoms with Gasteiger partial charge in [0.2, 0.25) is 0 Å². The van der Waals surface area contributed by atoms with Crippen LogP contribution in [0.4, 0.5) is 29.8 Å². The second kappa shape index (κ2) is 8.75. The van der Waals surface area contributed by atoms with E-state index >= 15 is 0 Å². The Hall–Kier alpha value is -4.41. The van der Waals surface area contributed by atoms with Crippen molar-refractivity contribution in [2.24, 2.45) is 5.16 Å². The summed E-state index contributed by atoms with van der Waals surface area (Å²) in [5.74, 6) is -0.939. The number of β-lactam (4-membered cyclic amide) rings is 1. The summed E-state index contributed by atoms with van der Waals surface area (Å²) < 4.78 is 40.2. The summed E-state index contributed by atoms with van der Waals surface area (Å²) in [6, 6.07) is 1.87. The smallest absolute Gasteiger partial charge is 0.398 e. The van der Waals surface area contributed by atoms with Gasteiger partial charge in [0.25, 0.3) is 17.5 Å². The van der Waals surface area contributed by atoms with E-state index in [1.54, 1.807) is 0 Å². The van der Waals surface area contributed by atoms with E-state index in [9.17, 15) is 32.9 Å². The number of carbonyl (C=O) groups excluding carboxylic acids is 2. The molecule has 3 aromatic rings. The van der Waals surface area contributed by atoms with Crippen LogP contribution in [0.5, 0.6) is 0 Å². The molecule has 0 radical (unpaired) electrons. The third kappa shape index (κ3) is 4.52. The van der Waals surface area contributed by atoms with Crippen LogP contribution in [0.3, 0.4) is 0 Å². The van der Waals surface area contributed by atoms with E-state index in [1.165, 1.54) is 29.5 Å². The van der Waals surface area contributed by atoms with E-state index in [1.807, 2.05) is 0 Å². The number of nitrogens with two attached hydrogens (primary N) is 1. The van der Waals surface area contributed by atoms with Gasteiger partial charge in [-0.15, -0.1) is 11.3 Å². The molecule has 17 heteroatoms. The molecule has 1 aliphatic rings. The van der Waals surface area contributed by atoms with Crippen LogP contribution >= 0.6 is 11.3 Å². The van der Waals surface area contributed by atoms with Gasteiger partial charge in [-0.1, -0.05) is 5.16 Å². The third-order valence-corrected chi connectivity index (χ3v) is 5.60. The molecule has 0 unspecified atom stereocenters. The molecule has 1 fully saturated rings. The number of hydrogen-bond acceptors (Lipinski definition) is 9. The number of H-pyrrole nitrogens is 1. The molecule has 1 atom stereocenters. The average Bonchev–Trinajstić information content (AvgIpc) is 3.52. The second-order valence-corrected chi connectivity index (χ2v) is 8.01. The Morgan fingerprint density at radius 2 is 2.11 bits per heavy atom. The summed E-state index contributed by atoms with van der Waals surface area (Å²) in [4.78, 5) is 47.6. The average molecular weight is 512 g/mol. The highest BCUT2D eigenvalue weighted by Crippen LogP contribution is 2.37. The van der Waals surface area contributed by atoms with E-state index in [4.69, 9.17) is 5.73 Å². The largest absolute Gasteiger partial charge is 0.424 e. The molecule has 0 bridgehead atoms. The third-order valence-electron chi connectivity index (χ3n) is 4.93. The van der Waals surface area contributed by atoms with Crippen molar-refractivity contribution in [2.45, 2.75) is 12.2 Å². The Labute approximate surface area is 197 Å². The van der Waals surface area contributed by atoms with Crippen molar-refractivity contribution in [3.05, 3.63) is 51.3 Å². The summed E-state index contributed by atoms with van der Waals surface area (Å²) in [5, 5.41) is 18.8. The zero-order valence-electron chi connectivity index (χ0n) is 17.6. The van der Waals surface area contributed by atoms with E-state index in [-0.39, 0.29) is 34.7 Å². The number of nitrogens with zero attached hydrogens (tertiary/aromatic N) is 5. The SMILES string of the molecule is CON=C(C(=O)N[C@H]1CN(c2ccc(-n3cc([N+](=O)[O-])c(C(F)(F)F)c3)[nH]2)C1=O)c1csc(N)n1. The molecule has 1 aliphatic heterocycles. The van der Waals surface area contributed by atoms with Crippen LogP contribution in [0.25, 0.3) is 5.82 Å². The molecule has 0 saturated carbocycles. The maximum atomic E-state index is 13.1. The van der Waals surface area contributed by atoms with Crippen molar-refractivity contribution < 1.29 is 32.5 Å². The fourth-order valence-corrected chi connectivity index (χ4v) is 3.84. The molecule has 3 aromatic heterocycles. The van der Waals surface area contributed by atoms with Gasteiger partial charge >= 0.3 is 6.18 Å². The molecule has 0 aromatic carbocycles. The number of nitrogen functional groups attached to an aromatic ring is 1. The van der Waals surface area contributed by atoms with Crippen molar-refractivity contribution in [3.8, 4) is 5.82 Å². The van der Waals surface area contributed by atoms with Gasteiger partial charge in [0, 0.05) is 11.6 Å². The van der Waals surface area contributed by atoms with Crippen LogP contribution in [-0.2, 0) is 20.6 Å². The lowest BCUT2D eigenvalue weighted by Gasteiger charge is -2.37. The van der Waals surface area contributed by atoms with Gasteiger partial charge in [0.1, 0.15) is 30.5 Å². The number of amides is 2. The Balaban J connectivity index is 1.46. The summed E-state index contributed by atoms with van der Waals surface area (Å²) >= 11 is 1.09. The molecule has 0 spiro atoms. The maximum Gasteiger partial charge on any atom is 0.424 e. The zero-order chi connectivity index (χ0) is 25.5. The number of rotatable bonds is 7. The molecule has 13 nitrogen and oxygen atoms in total. The van der Waals surface area contributed by atoms with Crippen molar-refractivity contribution >= 4 is 45.5 Å². The van der Waals surface area contributed by atoms with Gasteiger partial charge in [-0.25, -0.2) is 4.98 Å². The fourth-order valence-electron chi connectivity index (χ4n) is 3.30. The first-order valence-electron chi connectivity index (χ1n) is 9.57. The van der Waals surface area contributed by atoms with Crippen LogP contribution in [-0.4, -0.2) is 56.7 Å².